The van der Waals surface area contributed by atoms with Gasteiger partial charge in [0.2, 0.25) is 0 Å². The van der Waals surface area contributed by atoms with Crippen LogP contribution in [-0.4, -0.2) is 20.7 Å². The van der Waals surface area contributed by atoms with Crippen LogP contribution in [0.15, 0.2) is 28.8 Å². The number of benzene rings is 1. The normalized spacial score (nSPS) is 11.2. The molecule has 0 spiro atoms. The Morgan fingerprint density at radius 2 is 2.28 bits per heavy atom. The maximum Gasteiger partial charge on any atom is 0.192 e. The molecule has 0 bridgehead atoms. The molecule has 0 amide bonds. The first kappa shape index (κ1) is 11.3. The molecule has 5 heteroatoms. The molecule has 0 unspecified atom stereocenters. The molecule has 18 heavy (non-hydrogen) atoms. The molecule has 0 atom stereocenters. The van der Waals surface area contributed by atoms with Crippen LogP contribution in [0.3, 0.4) is 0 Å². The minimum atomic E-state index is 0.683. The van der Waals surface area contributed by atoms with E-state index in [1.54, 1.807) is 0 Å². The number of aromatic nitrogens is 3. The Morgan fingerprint density at radius 1 is 1.39 bits per heavy atom. The van der Waals surface area contributed by atoms with E-state index in [-0.39, 0.29) is 0 Å². The van der Waals surface area contributed by atoms with E-state index in [1.165, 1.54) is 0 Å². The number of aromatic amines is 1. The van der Waals surface area contributed by atoms with Gasteiger partial charge in [-0.15, -0.1) is 0 Å². The lowest BCUT2D eigenvalue weighted by molar-refractivity contribution is 0.561. The third-order valence-electron chi connectivity index (χ3n) is 2.78. The van der Waals surface area contributed by atoms with Crippen molar-refractivity contribution in [3.8, 4) is 11.3 Å². The largest absolute Gasteiger partial charge is 0.441 e. The van der Waals surface area contributed by atoms with Gasteiger partial charge in [0.1, 0.15) is 11.3 Å². The fraction of sp³-hybridized carbons (Fsp3) is 0.231. The highest BCUT2D eigenvalue weighted by Crippen LogP contribution is 2.23. The van der Waals surface area contributed by atoms with Crippen LogP contribution in [0.4, 0.5) is 0 Å². The van der Waals surface area contributed by atoms with Crippen LogP contribution in [0, 0.1) is 6.92 Å². The number of rotatable bonds is 3. The number of thiol groups is 1. The van der Waals surface area contributed by atoms with Crippen molar-refractivity contribution in [1.29, 1.82) is 0 Å². The van der Waals surface area contributed by atoms with Crippen molar-refractivity contribution in [2.24, 2.45) is 0 Å². The van der Waals surface area contributed by atoms with E-state index in [0.29, 0.717) is 5.89 Å². The third-order valence-corrected chi connectivity index (χ3v) is 3.01. The molecule has 0 radical (unpaired) electrons. The van der Waals surface area contributed by atoms with Gasteiger partial charge in [-0.25, -0.2) is 9.97 Å². The Kier molecular flexibility index (Phi) is 2.83. The quantitative estimate of drug-likeness (QED) is 0.711. The number of imidazole rings is 1. The lowest BCUT2D eigenvalue weighted by atomic mass is 10.1. The predicted molar refractivity (Wildman–Crippen MR) is 73.9 cm³/mol. The summed E-state index contributed by atoms with van der Waals surface area (Å²) >= 11 is 4.20. The van der Waals surface area contributed by atoms with Crippen molar-refractivity contribution in [1.82, 2.24) is 15.0 Å². The van der Waals surface area contributed by atoms with E-state index >= 15 is 0 Å². The summed E-state index contributed by atoms with van der Waals surface area (Å²) in [7, 11) is 0. The van der Waals surface area contributed by atoms with Gasteiger partial charge in [-0.1, -0.05) is 0 Å². The second kappa shape index (κ2) is 4.49. The maximum absolute atomic E-state index is 5.46. The Hall–Kier alpha value is -1.75. The summed E-state index contributed by atoms with van der Waals surface area (Å²) in [6.07, 6.45) is 2.68. The molecule has 4 nitrogen and oxygen atoms in total. The first-order valence-corrected chi connectivity index (χ1v) is 6.42. The zero-order valence-electron chi connectivity index (χ0n) is 9.97. The summed E-state index contributed by atoms with van der Waals surface area (Å²) in [4.78, 5) is 11.9. The van der Waals surface area contributed by atoms with E-state index in [0.717, 1.165) is 40.4 Å². The first-order valence-electron chi connectivity index (χ1n) is 5.78. The SMILES string of the molecule is Cc1nc2cc(-c3cnc(CCS)[nH]3)ccc2o1. The van der Waals surface area contributed by atoms with Gasteiger partial charge in [0.25, 0.3) is 0 Å². The molecule has 3 rings (SSSR count). The monoisotopic (exact) mass is 259 g/mol. The van der Waals surface area contributed by atoms with Crippen LogP contribution in [0.2, 0.25) is 0 Å². The summed E-state index contributed by atoms with van der Waals surface area (Å²) in [5.74, 6) is 2.42. The average Bonchev–Trinajstić information content (AvgIpc) is 2.93. The van der Waals surface area contributed by atoms with Crippen molar-refractivity contribution in [3.63, 3.8) is 0 Å². The standard InChI is InChI=1S/C13H13N3OS/c1-8-15-10-6-9(2-3-12(10)17-8)11-7-14-13(16-11)4-5-18/h2-3,6-7,18H,4-5H2,1H3,(H,14,16). The van der Waals surface area contributed by atoms with Gasteiger partial charge in [-0.2, -0.15) is 12.6 Å². The number of oxazole rings is 1. The lowest BCUT2D eigenvalue weighted by Gasteiger charge is -1.96. The minimum absolute atomic E-state index is 0.683. The van der Waals surface area contributed by atoms with Crippen molar-refractivity contribution in [2.45, 2.75) is 13.3 Å². The minimum Gasteiger partial charge on any atom is -0.441 e. The van der Waals surface area contributed by atoms with Gasteiger partial charge in [-0.3, -0.25) is 0 Å². The van der Waals surface area contributed by atoms with Crippen molar-refractivity contribution < 1.29 is 4.42 Å². The Morgan fingerprint density at radius 3 is 3.11 bits per heavy atom. The highest BCUT2D eigenvalue weighted by Gasteiger charge is 2.07. The average molecular weight is 259 g/mol. The summed E-state index contributed by atoms with van der Waals surface area (Å²) in [6, 6.07) is 5.94. The van der Waals surface area contributed by atoms with Crippen LogP contribution in [-0.2, 0) is 6.42 Å². The predicted octanol–water partition coefficient (Wildman–Crippen LogP) is 3.00. The third kappa shape index (κ3) is 2.01. The fourth-order valence-corrected chi connectivity index (χ4v) is 2.16. The molecule has 0 aliphatic rings. The highest BCUT2D eigenvalue weighted by molar-refractivity contribution is 7.80. The zero-order chi connectivity index (χ0) is 12.5. The molecular weight excluding hydrogens is 246 g/mol. The highest BCUT2D eigenvalue weighted by atomic mass is 32.1. The van der Waals surface area contributed by atoms with Crippen LogP contribution in [0.1, 0.15) is 11.7 Å². The van der Waals surface area contributed by atoms with Gasteiger partial charge < -0.3 is 9.40 Å². The Bertz CT molecular complexity index is 686. The summed E-state index contributed by atoms with van der Waals surface area (Å²) in [5, 5.41) is 0. The van der Waals surface area contributed by atoms with Crippen LogP contribution >= 0.6 is 12.6 Å². The molecule has 2 heterocycles. The molecule has 0 saturated carbocycles. The van der Waals surface area contributed by atoms with Crippen LogP contribution < -0.4 is 0 Å². The Balaban J connectivity index is 2.01. The van der Waals surface area contributed by atoms with E-state index in [4.69, 9.17) is 4.42 Å². The van der Waals surface area contributed by atoms with Crippen molar-refractivity contribution in [3.05, 3.63) is 36.1 Å². The Labute approximate surface area is 110 Å². The maximum atomic E-state index is 5.46. The molecule has 0 fully saturated rings. The molecule has 92 valence electrons. The van der Waals surface area contributed by atoms with Gasteiger partial charge in [0.05, 0.1) is 11.9 Å². The van der Waals surface area contributed by atoms with Crippen molar-refractivity contribution >= 4 is 23.7 Å². The number of hydrogen-bond donors (Lipinski definition) is 2. The summed E-state index contributed by atoms with van der Waals surface area (Å²) < 4.78 is 5.46. The zero-order valence-corrected chi connectivity index (χ0v) is 10.9. The van der Waals surface area contributed by atoms with E-state index in [2.05, 4.69) is 27.6 Å². The van der Waals surface area contributed by atoms with Crippen molar-refractivity contribution in [2.75, 3.05) is 5.75 Å². The van der Waals surface area contributed by atoms with Crippen LogP contribution in [0.25, 0.3) is 22.4 Å². The first-order chi connectivity index (χ1) is 8.76. The molecular formula is C13H13N3OS. The number of H-pyrrole nitrogens is 1. The number of fused-ring (bicyclic) bond motifs is 1. The molecule has 1 N–H and O–H groups in total. The number of hydrogen-bond acceptors (Lipinski definition) is 4. The molecule has 1 aromatic carbocycles. The van der Waals surface area contributed by atoms with E-state index < -0.39 is 0 Å². The van der Waals surface area contributed by atoms with Gasteiger partial charge in [0, 0.05) is 18.9 Å². The second-order valence-corrected chi connectivity index (χ2v) is 4.58. The molecule has 0 aliphatic heterocycles. The molecule has 0 aliphatic carbocycles. The molecule has 3 aromatic rings. The fourth-order valence-electron chi connectivity index (χ4n) is 1.95. The van der Waals surface area contributed by atoms with E-state index in [9.17, 15) is 0 Å². The van der Waals surface area contributed by atoms with Gasteiger partial charge in [-0.05, 0) is 24.0 Å². The van der Waals surface area contributed by atoms with Gasteiger partial charge >= 0.3 is 0 Å². The van der Waals surface area contributed by atoms with Gasteiger partial charge in [0.15, 0.2) is 11.5 Å². The number of nitrogens with zero attached hydrogens (tertiary/aromatic N) is 2. The smallest absolute Gasteiger partial charge is 0.192 e. The molecule has 2 aromatic heterocycles. The summed E-state index contributed by atoms with van der Waals surface area (Å²) in [6.45, 7) is 1.85. The number of nitrogens with one attached hydrogen (secondary N) is 1. The number of aryl methyl sites for hydroxylation is 2. The van der Waals surface area contributed by atoms with Crippen LogP contribution in [0.5, 0.6) is 0 Å². The summed E-state index contributed by atoms with van der Waals surface area (Å²) in [5.41, 5.74) is 3.74. The van der Waals surface area contributed by atoms with E-state index in [1.807, 2.05) is 31.3 Å². The second-order valence-electron chi connectivity index (χ2n) is 4.13. The lowest BCUT2D eigenvalue weighted by Crippen LogP contribution is -1.88. The topological polar surface area (TPSA) is 54.7 Å². The molecule has 0 saturated heterocycles.